The van der Waals surface area contributed by atoms with E-state index >= 15 is 0 Å². The summed E-state index contributed by atoms with van der Waals surface area (Å²) < 4.78 is 0. The smallest absolute Gasteiger partial charge is 0.0289 e. The molecule has 78 valence electrons. The highest BCUT2D eigenvalue weighted by molar-refractivity contribution is 5.24. The van der Waals surface area contributed by atoms with E-state index in [2.05, 4.69) is 50.4 Å². The van der Waals surface area contributed by atoms with Crippen LogP contribution in [0.5, 0.6) is 0 Å². The maximum atomic E-state index is 3.24. The summed E-state index contributed by atoms with van der Waals surface area (Å²) in [7, 11) is 1.99. The van der Waals surface area contributed by atoms with Crippen molar-refractivity contribution in [3.63, 3.8) is 0 Å². The second-order valence-electron chi connectivity index (χ2n) is 4.35. The summed E-state index contributed by atoms with van der Waals surface area (Å²) in [4.78, 5) is 0. The molecule has 0 heterocycles. The van der Waals surface area contributed by atoms with Gasteiger partial charge >= 0.3 is 0 Å². The van der Waals surface area contributed by atoms with E-state index in [-0.39, 0.29) is 0 Å². The van der Waals surface area contributed by atoms with Gasteiger partial charge in [-0.15, -0.1) is 0 Å². The lowest BCUT2D eigenvalue weighted by atomic mass is 10.00. The van der Waals surface area contributed by atoms with E-state index in [1.54, 1.807) is 0 Å². The summed E-state index contributed by atoms with van der Waals surface area (Å²) in [5, 5.41) is 3.24. The highest BCUT2D eigenvalue weighted by Crippen LogP contribution is 2.14. The summed E-state index contributed by atoms with van der Waals surface area (Å²) in [6.45, 7) is 6.69. The Kier molecular flexibility index (Phi) is 4.15. The average molecular weight is 191 g/mol. The van der Waals surface area contributed by atoms with Gasteiger partial charge in [-0.2, -0.15) is 0 Å². The molecule has 0 fully saturated rings. The molecule has 0 radical (unpaired) electrons. The van der Waals surface area contributed by atoms with Crippen LogP contribution in [0.1, 0.15) is 37.9 Å². The molecule has 1 N–H and O–H groups in total. The first-order valence-corrected chi connectivity index (χ1v) is 5.39. The Morgan fingerprint density at radius 1 is 1.07 bits per heavy atom. The minimum atomic E-state index is 0.447. The van der Waals surface area contributed by atoms with Crippen molar-refractivity contribution in [3.05, 3.63) is 35.4 Å². The SMILES string of the molecule is CN[C@H](C)c1ccc(CC(C)C)cc1. The van der Waals surface area contributed by atoms with E-state index in [0.717, 1.165) is 5.92 Å². The predicted molar refractivity (Wildman–Crippen MR) is 62.5 cm³/mol. The van der Waals surface area contributed by atoms with E-state index in [1.807, 2.05) is 7.05 Å². The van der Waals surface area contributed by atoms with Crippen molar-refractivity contribution >= 4 is 0 Å². The molecule has 0 amide bonds. The third-order valence-electron chi connectivity index (χ3n) is 2.56. The summed E-state index contributed by atoms with van der Waals surface area (Å²) >= 11 is 0. The molecule has 1 heteroatoms. The van der Waals surface area contributed by atoms with Gasteiger partial charge in [0.25, 0.3) is 0 Å². The Hall–Kier alpha value is -0.820. The highest BCUT2D eigenvalue weighted by Gasteiger charge is 2.02. The van der Waals surface area contributed by atoms with Gasteiger partial charge in [0.05, 0.1) is 0 Å². The molecule has 1 atom stereocenters. The standard InChI is InChI=1S/C13H21N/c1-10(2)9-12-5-7-13(8-6-12)11(3)14-4/h5-8,10-11,14H,9H2,1-4H3/t11-/m1/s1. The van der Waals surface area contributed by atoms with Crippen molar-refractivity contribution in [1.29, 1.82) is 0 Å². The molecule has 0 spiro atoms. The molecule has 1 aromatic rings. The molecule has 1 aromatic carbocycles. The van der Waals surface area contributed by atoms with Crippen LogP contribution in [0.15, 0.2) is 24.3 Å². The molecule has 0 saturated heterocycles. The Bertz CT molecular complexity index is 261. The van der Waals surface area contributed by atoms with Gasteiger partial charge in [-0.1, -0.05) is 38.1 Å². The molecule has 0 bridgehead atoms. The van der Waals surface area contributed by atoms with Gasteiger partial charge in [-0.05, 0) is 37.4 Å². The van der Waals surface area contributed by atoms with Crippen LogP contribution in [0.25, 0.3) is 0 Å². The van der Waals surface area contributed by atoms with Crippen molar-refractivity contribution in [2.24, 2.45) is 5.92 Å². The number of benzene rings is 1. The number of rotatable bonds is 4. The van der Waals surface area contributed by atoms with Gasteiger partial charge < -0.3 is 5.32 Å². The van der Waals surface area contributed by atoms with E-state index in [1.165, 1.54) is 17.5 Å². The van der Waals surface area contributed by atoms with E-state index < -0.39 is 0 Å². The second-order valence-corrected chi connectivity index (χ2v) is 4.35. The zero-order valence-electron chi connectivity index (χ0n) is 9.67. The molecular formula is C13H21N. The van der Waals surface area contributed by atoms with Gasteiger partial charge in [0, 0.05) is 6.04 Å². The Morgan fingerprint density at radius 3 is 2.07 bits per heavy atom. The van der Waals surface area contributed by atoms with Crippen LogP contribution in [-0.2, 0) is 6.42 Å². The van der Waals surface area contributed by atoms with Gasteiger partial charge in [0.15, 0.2) is 0 Å². The number of hydrogen-bond donors (Lipinski definition) is 1. The average Bonchev–Trinajstić information content (AvgIpc) is 2.17. The van der Waals surface area contributed by atoms with Crippen LogP contribution in [-0.4, -0.2) is 7.05 Å². The van der Waals surface area contributed by atoms with Crippen molar-refractivity contribution in [3.8, 4) is 0 Å². The molecule has 0 aliphatic carbocycles. The lowest BCUT2D eigenvalue weighted by Crippen LogP contribution is -2.12. The van der Waals surface area contributed by atoms with Crippen LogP contribution < -0.4 is 5.32 Å². The fourth-order valence-corrected chi connectivity index (χ4v) is 1.58. The first-order valence-electron chi connectivity index (χ1n) is 5.39. The first-order chi connectivity index (χ1) is 6.63. The van der Waals surface area contributed by atoms with E-state index in [9.17, 15) is 0 Å². The summed E-state index contributed by atoms with van der Waals surface area (Å²) in [6.07, 6.45) is 1.17. The fraction of sp³-hybridized carbons (Fsp3) is 0.538. The molecule has 0 aliphatic heterocycles. The fourth-order valence-electron chi connectivity index (χ4n) is 1.58. The zero-order chi connectivity index (χ0) is 10.6. The minimum Gasteiger partial charge on any atom is -0.313 e. The number of hydrogen-bond acceptors (Lipinski definition) is 1. The van der Waals surface area contributed by atoms with Gasteiger partial charge in [0.1, 0.15) is 0 Å². The van der Waals surface area contributed by atoms with Crippen LogP contribution in [0.3, 0.4) is 0 Å². The molecule has 0 aliphatic rings. The summed E-state index contributed by atoms with van der Waals surface area (Å²) in [5.41, 5.74) is 2.80. The largest absolute Gasteiger partial charge is 0.313 e. The zero-order valence-corrected chi connectivity index (χ0v) is 9.67. The molecule has 14 heavy (non-hydrogen) atoms. The third kappa shape index (κ3) is 3.15. The molecule has 1 rings (SSSR count). The maximum Gasteiger partial charge on any atom is 0.0289 e. The Balaban J connectivity index is 2.68. The van der Waals surface area contributed by atoms with Crippen LogP contribution >= 0.6 is 0 Å². The normalized spacial score (nSPS) is 13.2. The summed E-state index contributed by atoms with van der Waals surface area (Å²) in [6, 6.07) is 9.37. The van der Waals surface area contributed by atoms with Crippen molar-refractivity contribution in [2.75, 3.05) is 7.05 Å². The highest BCUT2D eigenvalue weighted by atomic mass is 14.8. The quantitative estimate of drug-likeness (QED) is 0.771. The van der Waals surface area contributed by atoms with E-state index in [4.69, 9.17) is 0 Å². The van der Waals surface area contributed by atoms with Crippen LogP contribution in [0.2, 0.25) is 0 Å². The topological polar surface area (TPSA) is 12.0 Å². The lowest BCUT2D eigenvalue weighted by molar-refractivity contribution is 0.641. The first kappa shape index (κ1) is 11.3. The Labute approximate surface area is 87.5 Å². The van der Waals surface area contributed by atoms with Crippen LogP contribution in [0, 0.1) is 5.92 Å². The molecule has 1 nitrogen and oxygen atoms in total. The third-order valence-corrected chi connectivity index (χ3v) is 2.56. The van der Waals surface area contributed by atoms with Gasteiger partial charge in [0.2, 0.25) is 0 Å². The van der Waals surface area contributed by atoms with Crippen molar-refractivity contribution in [2.45, 2.75) is 33.2 Å². The lowest BCUT2D eigenvalue weighted by Gasteiger charge is -2.11. The molecular weight excluding hydrogens is 170 g/mol. The Morgan fingerprint density at radius 2 is 1.64 bits per heavy atom. The second kappa shape index (κ2) is 5.16. The van der Waals surface area contributed by atoms with Crippen molar-refractivity contribution in [1.82, 2.24) is 5.32 Å². The minimum absolute atomic E-state index is 0.447. The summed E-state index contributed by atoms with van der Waals surface area (Å²) in [5.74, 6) is 0.738. The number of nitrogens with one attached hydrogen (secondary N) is 1. The predicted octanol–water partition coefficient (Wildman–Crippen LogP) is 3.17. The van der Waals surface area contributed by atoms with E-state index in [0.29, 0.717) is 6.04 Å². The van der Waals surface area contributed by atoms with Crippen molar-refractivity contribution < 1.29 is 0 Å². The molecule has 0 saturated carbocycles. The van der Waals surface area contributed by atoms with Crippen LogP contribution in [0.4, 0.5) is 0 Å². The maximum absolute atomic E-state index is 3.24. The molecule has 0 aromatic heterocycles. The monoisotopic (exact) mass is 191 g/mol. The molecule has 0 unspecified atom stereocenters. The van der Waals surface area contributed by atoms with Gasteiger partial charge in [-0.3, -0.25) is 0 Å². The van der Waals surface area contributed by atoms with Gasteiger partial charge in [-0.25, -0.2) is 0 Å².